The van der Waals surface area contributed by atoms with E-state index in [0.717, 1.165) is 43.2 Å². The standard InChI is InChI=1S/C18H21N3O/c1-11-17(12(2)21-20-11)15-5-4-14-6-7-18(9-16(14)8-15)10-22-13(3)19-18/h4-5,8H,6-7,9-10H2,1-3H3,(H,20,21). The van der Waals surface area contributed by atoms with E-state index >= 15 is 0 Å². The zero-order chi connectivity index (χ0) is 15.3. The van der Waals surface area contributed by atoms with Crippen LogP contribution < -0.4 is 0 Å². The molecular weight excluding hydrogens is 274 g/mol. The third-order valence-electron chi connectivity index (χ3n) is 4.95. The first-order chi connectivity index (χ1) is 10.6. The number of nitrogens with zero attached hydrogens (tertiary/aromatic N) is 2. The number of ether oxygens (including phenoxy) is 1. The maximum absolute atomic E-state index is 5.64. The summed E-state index contributed by atoms with van der Waals surface area (Å²) in [5, 5.41) is 7.40. The van der Waals surface area contributed by atoms with Crippen LogP contribution in [0.5, 0.6) is 0 Å². The van der Waals surface area contributed by atoms with E-state index in [1.54, 1.807) is 0 Å². The number of aromatic amines is 1. The van der Waals surface area contributed by atoms with Gasteiger partial charge in [0.15, 0.2) is 5.90 Å². The average Bonchev–Trinajstić information content (AvgIpc) is 3.01. The van der Waals surface area contributed by atoms with Gasteiger partial charge in [0.1, 0.15) is 12.1 Å². The number of fused-ring (bicyclic) bond motifs is 1. The fourth-order valence-electron chi connectivity index (χ4n) is 3.83. The van der Waals surface area contributed by atoms with Crippen molar-refractivity contribution in [3.8, 4) is 11.1 Å². The van der Waals surface area contributed by atoms with E-state index in [1.807, 2.05) is 6.92 Å². The molecule has 0 radical (unpaired) electrons. The maximum atomic E-state index is 5.64. The molecule has 1 aromatic heterocycles. The average molecular weight is 295 g/mol. The number of nitrogens with one attached hydrogen (secondary N) is 1. The Labute approximate surface area is 130 Å². The maximum Gasteiger partial charge on any atom is 0.180 e. The Kier molecular flexibility index (Phi) is 2.90. The number of benzene rings is 1. The van der Waals surface area contributed by atoms with Crippen molar-refractivity contribution in [2.45, 2.75) is 45.6 Å². The largest absolute Gasteiger partial charge is 0.479 e. The molecule has 22 heavy (non-hydrogen) atoms. The molecule has 2 heterocycles. The van der Waals surface area contributed by atoms with Crippen molar-refractivity contribution >= 4 is 5.90 Å². The van der Waals surface area contributed by atoms with Crippen LogP contribution in [0.4, 0.5) is 0 Å². The molecule has 1 aliphatic carbocycles. The second kappa shape index (κ2) is 4.70. The second-order valence-corrected chi connectivity index (χ2v) is 6.61. The van der Waals surface area contributed by atoms with Gasteiger partial charge in [-0.25, -0.2) is 4.99 Å². The highest BCUT2D eigenvalue weighted by Crippen LogP contribution is 2.37. The molecule has 0 fully saturated rings. The van der Waals surface area contributed by atoms with Crippen LogP contribution in [0.3, 0.4) is 0 Å². The summed E-state index contributed by atoms with van der Waals surface area (Å²) in [4.78, 5) is 4.78. The Hall–Kier alpha value is -2.10. The minimum Gasteiger partial charge on any atom is -0.479 e. The van der Waals surface area contributed by atoms with E-state index < -0.39 is 0 Å². The third-order valence-corrected chi connectivity index (χ3v) is 4.95. The van der Waals surface area contributed by atoms with Gasteiger partial charge in [-0.3, -0.25) is 5.10 Å². The molecule has 1 atom stereocenters. The molecule has 0 saturated carbocycles. The van der Waals surface area contributed by atoms with Gasteiger partial charge in [-0.05, 0) is 43.4 Å². The van der Waals surface area contributed by atoms with E-state index in [1.165, 1.54) is 22.3 Å². The Morgan fingerprint density at radius 2 is 2.05 bits per heavy atom. The summed E-state index contributed by atoms with van der Waals surface area (Å²) >= 11 is 0. The van der Waals surface area contributed by atoms with E-state index in [-0.39, 0.29) is 5.54 Å². The van der Waals surface area contributed by atoms with Crippen LogP contribution in [-0.2, 0) is 17.6 Å². The first-order valence-corrected chi connectivity index (χ1v) is 7.89. The van der Waals surface area contributed by atoms with Crippen LogP contribution >= 0.6 is 0 Å². The number of aryl methyl sites for hydroxylation is 3. The highest BCUT2D eigenvalue weighted by Gasteiger charge is 2.38. The van der Waals surface area contributed by atoms with Gasteiger partial charge in [0.2, 0.25) is 0 Å². The highest BCUT2D eigenvalue weighted by atomic mass is 16.5. The van der Waals surface area contributed by atoms with E-state index in [2.05, 4.69) is 42.2 Å². The fourth-order valence-corrected chi connectivity index (χ4v) is 3.83. The first kappa shape index (κ1) is 13.6. The van der Waals surface area contributed by atoms with Gasteiger partial charge in [0.05, 0.1) is 5.69 Å². The lowest BCUT2D eigenvalue weighted by molar-refractivity contribution is 0.236. The van der Waals surface area contributed by atoms with Crippen molar-refractivity contribution < 1.29 is 4.74 Å². The summed E-state index contributed by atoms with van der Waals surface area (Å²) in [6, 6.07) is 6.82. The van der Waals surface area contributed by atoms with Crippen molar-refractivity contribution in [1.29, 1.82) is 0 Å². The zero-order valence-electron chi connectivity index (χ0n) is 13.4. The molecule has 0 bridgehead atoms. The molecule has 2 aromatic rings. The van der Waals surface area contributed by atoms with Gasteiger partial charge < -0.3 is 4.74 Å². The predicted molar refractivity (Wildman–Crippen MR) is 87.3 cm³/mol. The number of hydrogen-bond donors (Lipinski definition) is 1. The Balaban J connectivity index is 1.75. The molecule has 4 rings (SSSR count). The number of aromatic nitrogens is 2. The molecule has 2 aliphatic rings. The fraction of sp³-hybridized carbons (Fsp3) is 0.444. The van der Waals surface area contributed by atoms with Crippen molar-refractivity contribution in [2.24, 2.45) is 4.99 Å². The summed E-state index contributed by atoms with van der Waals surface area (Å²) in [7, 11) is 0. The minimum absolute atomic E-state index is 0.0316. The number of hydrogen-bond acceptors (Lipinski definition) is 3. The van der Waals surface area contributed by atoms with E-state index in [9.17, 15) is 0 Å². The number of H-pyrrole nitrogens is 1. The van der Waals surface area contributed by atoms with Crippen LogP contribution in [0.15, 0.2) is 23.2 Å². The minimum atomic E-state index is -0.0316. The second-order valence-electron chi connectivity index (χ2n) is 6.61. The van der Waals surface area contributed by atoms with Gasteiger partial charge in [-0.2, -0.15) is 5.10 Å². The van der Waals surface area contributed by atoms with Crippen molar-refractivity contribution in [1.82, 2.24) is 10.2 Å². The quantitative estimate of drug-likeness (QED) is 0.877. The normalized spacial score (nSPS) is 23.3. The summed E-state index contributed by atoms with van der Waals surface area (Å²) in [5.41, 5.74) is 7.49. The molecule has 1 aromatic carbocycles. The molecule has 0 amide bonds. The molecule has 1 aliphatic heterocycles. The smallest absolute Gasteiger partial charge is 0.180 e. The summed E-state index contributed by atoms with van der Waals surface area (Å²) in [5.74, 6) is 0.834. The van der Waals surface area contributed by atoms with Gasteiger partial charge >= 0.3 is 0 Å². The monoisotopic (exact) mass is 295 g/mol. The van der Waals surface area contributed by atoms with Crippen molar-refractivity contribution in [2.75, 3.05) is 6.61 Å². The van der Waals surface area contributed by atoms with E-state index in [4.69, 9.17) is 9.73 Å². The molecule has 114 valence electrons. The number of rotatable bonds is 1. The molecule has 1 unspecified atom stereocenters. The molecule has 0 saturated heterocycles. The topological polar surface area (TPSA) is 50.3 Å². The SMILES string of the molecule is CC1=NC2(CCc3ccc(-c4c(C)n[nH]c4C)cc3C2)CO1. The van der Waals surface area contributed by atoms with Crippen molar-refractivity contribution in [3.05, 3.63) is 40.7 Å². The molecule has 4 heteroatoms. The van der Waals surface area contributed by atoms with Gasteiger partial charge in [-0.1, -0.05) is 18.2 Å². The van der Waals surface area contributed by atoms with Crippen LogP contribution in [0.1, 0.15) is 35.9 Å². The van der Waals surface area contributed by atoms with Gasteiger partial charge in [0, 0.05) is 24.6 Å². The number of aliphatic imine (C=N–C) groups is 1. The summed E-state index contributed by atoms with van der Waals surface area (Å²) in [6.07, 6.45) is 3.14. The highest BCUT2D eigenvalue weighted by molar-refractivity contribution is 5.76. The van der Waals surface area contributed by atoms with Gasteiger partial charge in [0.25, 0.3) is 0 Å². The zero-order valence-corrected chi connectivity index (χ0v) is 13.4. The summed E-state index contributed by atoms with van der Waals surface area (Å²) in [6.45, 7) is 6.82. The van der Waals surface area contributed by atoms with Crippen LogP contribution in [0.2, 0.25) is 0 Å². The lowest BCUT2D eigenvalue weighted by atomic mass is 9.78. The predicted octanol–water partition coefficient (Wildman–Crippen LogP) is 3.37. The lowest BCUT2D eigenvalue weighted by Gasteiger charge is -2.30. The summed E-state index contributed by atoms with van der Waals surface area (Å²) < 4.78 is 5.64. The third kappa shape index (κ3) is 2.05. The molecule has 1 spiro atoms. The van der Waals surface area contributed by atoms with Gasteiger partial charge in [-0.15, -0.1) is 0 Å². The van der Waals surface area contributed by atoms with Crippen molar-refractivity contribution in [3.63, 3.8) is 0 Å². The Morgan fingerprint density at radius 1 is 1.18 bits per heavy atom. The van der Waals surface area contributed by atoms with Crippen LogP contribution in [0.25, 0.3) is 11.1 Å². The Bertz CT molecular complexity index is 755. The molecular formula is C18H21N3O. The molecule has 1 N–H and O–H groups in total. The lowest BCUT2D eigenvalue weighted by Crippen LogP contribution is -2.35. The Morgan fingerprint density at radius 3 is 2.73 bits per heavy atom. The molecule has 4 nitrogen and oxygen atoms in total. The van der Waals surface area contributed by atoms with Crippen LogP contribution in [0, 0.1) is 13.8 Å². The van der Waals surface area contributed by atoms with E-state index in [0.29, 0.717) is 0 Å². The first-order valence-electron chi connectivity index (χ1n) is 7.89. The van der Waals surface area contributed by atoms with Crippen LogP contribution in [-0.4, -0.2) is 28.2 Å².